The standard InChI is InChI=1S/C10H17N3/c1-8-9(6-11-2)10(8)7-13-5-3-4-12-13/h3-5,8-11H,6-7H2,1-2H3/t8-,9+,10+/m1/s1. The molecule has 0 aliphatic heterocycles. The van der Waals surface area contributed by atoms with E-state index in [0.717, 1.165) is 30.8 Å². The summed E-state index contributed by atoms with van der Waals surface area (Å²) in [5.74, 6) is 2.54. The molecule has 0 unspecified atom stereocenters. The summed E-state index contributed by atoms with van der Waals surface area (Å²) in [6.07, 6.45) is 3.89. The second-order valence-corrected chi connectivity index (χ2v) is 3.97. The second-order valence-electron chi connectivity index (χ2n) is 3.97. The smallest absolute Gasteiger partial charge is 0.0489 e. The van der Waals surface area contributed by atoms with Gasteiger partial charge in [-0.15, -0.1) is 0 Å². The predicted octanol–water partition coefficient (Wildman–Crippen LogP) is 0.985. The topological polar surface area (TPSA) is 29.9 Å². The fourth-order valence-corrected chi connectivity index (χ4v) is 2.14. The average molecular weight is 179 g/mol. The van der Waals surface area contributed by atoms with Crippen molar-refractivity contribution in [2.75, 3.05) is 13.6 Å². The first-order valence-corrected chi connectivity index (χ1v) is 4.95. The molecule has 0 saturated heterocycles. The van der Waals surface area contributed by atoms with Crippen molar-refractivity contribution in [2.45, 2.75) is 13.5 Å². The third-order valence-corrected chi connectivity index (χ3v) is 3.16. The molecule has 1 saturated carbocycles. The SMILES string of the molecule is CNC[C@H]1[C@@H](C)[C@@H]1Cn1cccn1. The van der Waals surface area contributed by atoms with Gasteiger partial charge in [-0.2, -0.15) is 5.10 Å². The maximum absolute atomic E-state index is 4.22. The zero-order valence-corrected chi connectivity index (χ0v) is 8.27. The molecule has 3 nitrogen and oxygen atoms in total. The molecule has 1 aliphatic carbocycles. The van der Waals surface area contributed by atoms with Crippen LogP contribution in [0.5, 0.6) is 0 Å². The van der Waals surface area contributed by atoms with E-state index < -0.39 is 0 Å². The van der Waals surface area contributed by atoms with Crippen LogP contribution in [0.4, 0.5) is 0 Å². The summed E-state index contributed by atoms with van der Waals surface area (Å²) in [6, 6.07) is 1.99. The summed E-state index contributed by atoms with van der Waals surface area (Å²) in [7, 11) is 2.02. The van der Waals surface area contributed by atoms with Crippen LogP contribution in [0.1, 0.15) is 6.92 Å². The van der Waals surface area contributed by atoms with Crippen LogP contribution in [0.3, 0.4) is 0 Å². The number of hydrogen-bond donors (Lipinski definition) is 1. The Hall–Kier alpha value is -0.830. The van der Waals surface area contributed by atoms with E-state index in [1.807, 2.05) is 30.2 Å². The third-order valence-electron chi connectivity index (χ3n) is 3.16. The monoisotopic (exact) mass is 179 g/mol. The van der Waals surface area contributed by atoms with Crippen molar-refractivity contribution in [3.05, 3.63) is 18.5 Å². The molecule has 0 spiro atoms. The van der Waals surface area contributed by atoms with Crippen LogP contribution >= 0.6 is 0 Å². The van der Waals surface area contributed by atoms with Crippen molar-refractivity contribution in [3.8, 4) is 0 Å². The van der Waals surface area contributed by atoms with Gasteiger partial charge in [-0.3, -0.25) is 4.68 Å². The van der Waals surface area contributed by atoms with Crippen LogP contribution < -0.4 is 5.32 Å². The summed E-state index contributed by atoms with van der Waals surface area (Å²) < 4.78 is 2.04. The average Bonchev–Trinajstić information content (AvgIpc) is 2.55. The molecule has 3 heteroatoms. The summed E-state index contributed by atoms with van der Waals surface area (Å²) in [5.41, 5.74) is 0. The maximum atomic E-state index is 4.22. The minimum Gasteiger partial charge on any atom is -0.319 e. The van der Waals surface area contributed by atoms with Crippen molar-refractivity contribution < 1.29 is 0 Å². The first-order chi connectivity index (χ1) is 6.33. The highest BCUT2D eigenvalue weighted by molar-refractivity contribution is 4.95. The maximum Gasteiger partial charge on any atom is 0.0489 e. The highest BCUT2D eigenvalue weighted by Crippen LogP contribution is 2.46. The van der Waals surface area contributed by atoms with Crippen molar-refractivity contribution in [3.63, 3.8) is 0 Å². The summed E-state index contributed by atoms with van der Waals surface area (Å²) in [5, 5.41) is 7.46. The first-order valence-electron chi connectivity index (χ1n) is 4.95. The lowest BCUT2D eigenvalue weighted by atomic mass is 10.3. The van der Waals surface area contributed by atoms with Crippen LogP contribution in [0, 0.1) is 17.8 Å². The van der Waals surface area contributed by atoms with Crippen molar-refractivity contribution in [1.82, 2.24) is 15.1 Å². The van der Waals surface area contributed by atoms with Gasteiger partial charge in [-0.25, -0.2) is 0 Å². The summed E-state index contributed by atoms with van der Waals surface area (Å²) in [6.45, 7) is 4.56. The molecule has 0 bridgehead atoms. The molecular formula is C10H17N3. The van der Waals surface area contributed by atoms with Gasteiger partial charge in [0.05, 0.1) is 0 Å². The molecule has 1 aromatic heterocycles. The highest BCUT2D eigenvalue weighted by atomic mass is 15.3. The van der Waals surface area contributed by atoms with Crippen LogP contribution in [-0.4, -0.2) is 23.4 Å². The van der Waals surface area contributed by atoms with Gasteiger partial charge in [-0.05, 0) is 37.4 Å². The van der Waals surface area contributed by atoms with Gasteiger partial charge in [0.1, 0.15) is 0 Å². The number of nitrogens with one attached hydrogen (secondary N) is 1. The van der Waals surface area contributed by atoms with Crippen LogP contribution in [-0.2, 0) is 6.54 Å². The number of nitrogens with zero attached hydrogens (tertiary/aromatic N) is 2. The normalized spacial score (nSPS) is 32.0. The lowest BCUT2D eigenvalue weighted by Gasteiger charge is -1.99. The third kappa shape index (κ3) is 1.75. The Balaban J connectivity index is 1.85. The van der Waals surface area contributed by atoms with E-state index in [1.165, 1.54) is 0 Å². The van der Waals surface area contributed by atoms with Crippen molar-refractivity contribution in [2.24, 2.45) is 17.8 Å². The fourth-order valence-electron chi connectivity index (χ4n) is 2.14. The first kappa shape index (κ1) is 8.75. The quantitative estimate of drug-likeness (QED) is 0.747. The van der Waals surface area contributed by atoms with Crippen molar-refractivity contribution in [1.29, 1.82) is 0 Å². The predicted molar refractivity (Wildman–Crippen MR) is 52.3 cm³/mol. The Bertz CT molecular complexity index is 255. The lowest BCUT2D eigenvalue weighted by molar-refractivity contribution is 0.516. The molecule has 1 fully saturated rings. The lowest BCUT2D eigenvalue weighted by Crippen LogP contribution is -2.12. The Kier molecular flexibility index (Phi) is 2.36. The number of rotatable bonds is 4. The second kappa shape index (κ2) is 3.50. The number of aromatic nitrogens is 2. The zero-order valence-electron chi connectivity index (χ0n) is 8.27. The van der Waals surface area contributed by atoms with E-state index in [2.05, 4.69) is 17.3 Å². The van der Waals surface area contributed by atoms with Crippen LogP contribution in [0.25, 0.3) is 0 Å². The Morgan fingerprint density at radius 2 is 2.31 bits per heavy atom. The molecule has 0 aromatic carbocycles. The van der Waals surface area contributed by atoms with E-state index in [1.54, 1.807) is 0 Å². The van der Waals surface area contributed by atoms with Crippen molar-refractivity contribution >= 4 is 0 Å². The molecule has 72 valence electrons. The molecule has 1 heterocycles. The minimum absolute atomic E-state index is 0.826. The zero-order chi connectivity index (χ0) is 9.26. The van der Waals surface area contributed by atoms with E-state index >= 15 is 0 Å². The largest absolute Gasteiger partial charge is 0.319 e. The van der Waals surface area contributed by atoms with Gasteiger partial charge in [0.2, 0.25) is 0 Å². The molecule has 0 radical (unpaired) electrons. The molecule has 1 aliphatic rings. The van der Waals surface area contributed by atoms with Gasteiger partial charge in [0.15, 0.2) is 0 Å². The molecule has 0 amide bonds. The Morgan fingerprint density at radius 1 is 1.46 bits per heavy atom. The fraction of sp³-hybridized carbons (Fsp3) is 0.700. The van der Waals surface area contributed by atoms with E-state index in [-0.39, 0.29) is 0 Å². The van der Waals surface area contributed by atoms with Crippen LogP contribution in [0.2, 0.25) is 0 Å². The molecule has 13 heavy (non-hydrogen) atoms. The molecule has 1 N–H and O–H groups in total. The van der Waals surface area contributed by atoms with Crippen LogP contribution in [0.15, 0.2) is 18.5 Å². The van der Waals surface area contributed by atoms with E-state index in [4.69, 9.17) is 0 Å². The van der Waals surface area contributed by atoms with Gasteiger partial charge < -0.3 is 5.32 Å². The molecule has 1 aromatic rings. The molecule has 2 rings (SSSR count). The summed E-state index contributed by atoms with van der Waals surface area (Å²) >= 11 is 0. The molecular weight excluding hydrogens is 162 g/mol. The van der Waals surface area contributed by atoms with Gasteiger partial charge in [-0.1, -0.05) is 6.92 Å². The minimum atomic E-state index is 0.826. The van der Waals surface area contributed by atoms with E-state index in [0.29, 0.717) is 0 Å². The van der Waals surface area contributed by atoms with Gasteiger partial charge in [0.25, 0.3) is 0 Å². The van der Waals surface area contributed by atoms with Gasteiger partial charge in [0, 0.05) is 18.9 Å². The highest BCUT2D eigenvalue weighted by Gasteiger charge is 2.45. The summed E-state index contributed by atoms with van der Waals surface area (Å²) in [4.78, 5) is 0. The Labute approximate surface area is 79.1 Å². The Morgan fingerprint density at radius 3 is 2.92 bits per heavy atom. The number of hydrogen-bond acceptors (Lipinski definition) is 2. The molecule has 3 atom stereocenters. The van der Waals surface area contributed by atoms with E-state index in [9.17, 15) is 0 Å². The van der Waals surface area contributed by atoms with Gasteiger partial charge >= 0.3 is 0 Å².